The summed E-state index contributed by atoms with van der Waals surface area (Å²) in [6, 6.07) is 10.7. The molecule has 0 radical (unpaired) electrons. The van der Waals surface area contributed by atoms with Gasteiger partial charge in [0.1, 0.15) is 10.9 Å². The van der Waals surface area contributed by atoms with E-state index in [4.69, 9.17) is 17.3 Å². The van der Waals surface area contributed by atoms with Gasteiger partial charge in [0, 0.05) is 6.42 Å². The fourth-order valence-electron chi connectivity index (χ4n) is 2.79. The first-order valence-corrected chi connectivity index (χ1v) is 8.82. The molecule has 1 aliphatic heterocycles. The molecule has 1 aliphatic rings. The van der Waals surface area contributed by atoms with Gasteiger partial charge in [-0.15, -0.1) is 0 Å². The number of carbonyl (C=O) groups is 1. The average molecular weight is 351 g/mol. The Bertz CT molecular complexity index is 896. The maximum atomic E-state index is 13.1. The van der Waals surface area contributed by atoms with Gasteiger partial charge in [-0.2, -0.15) is 0 Å². The zero-order valence-electron chi connectivity index (χ0n) is 12.4. The summed E-state index contributed by atoms with van der Waals surface area (Å²) >= 11 is 6.12. The molecule has 23 heavy (non-hydrogen) atoms. The van der Waals surface area contributed by atoms with E-state index < -0.39 is 22.0 Å². The van der Waals surface area contributed by atoms with Crippen molar-refractivity contribution in [1.82, 2.24) is 0 Å². The molecule has 5 nitrogen and oxygen atoms in total. The predicted octanol–water partition coefficient (Wildman–Crippen LogP) is 2.25. The third kappa shape index (κ3) is 2.58. The second kappa shape index (κ2) is 5.54. The molecule has 0 saturated heterocycles. The molecule has 0 aliphatic carbocycles. The fraction of sp³-hybridized carbons (Fsp3) is 0.188. The Morgan fingerprint density at radius 3 is 2.61 bits per heavy atom. The summed E-state index contributed by atoms with van der Waals surface area (Å²) in [5, 5.41) is 0.123. The van der Waals surface area contributed by atoms with Gasteiger partial charge in [-0.05, 0) is 36.2 Å². The zero-order chi connectivity index (χ0) is 16.8. The van der Waals surface area contributed by atoms with E-state index >= 15 is 0 Å². The molecule has 0 bridgehead atoms. The normalized spacial score (nSPS) is 17.1. The largest absolute Gasteiger partial charge is 0.368 e. The predicted molar refractivity (Wildman–Crippen MR) is 89.0 cm³/mol. The number of anilines is 1. The molecule has 3 rings (SSSR count). The molecular formula is C16H15ClN2O3S. The second-order valence-corrected chi connectivity index (χ2v) is 7.68. The fourth-order valence-corrected chi connectivity index (χ4v) is 5.03. The van der Waals surface area contributed by atoms with Gasteiger partial charge in [-0.25, -0.2) is 8.42 Å². The standard InChI is InChI=1S/C16H15ClN2O3S/c1-10-6-7-15(12(17)8-10)23(21,22)19-13-5-3-2-4-11(13)9-14(19)16(18)20/h2-8,14H,9H2,1H3,(H2,18,20)/t14-/m0/s1. The molecule has 7 heteroatoms. The molecule has 0 aromatic heterocycles. The van der Waals surface area contributed by atoms with Crippen LogP contribution in [0.4, 0.5) is 5.69 Å². The Balaban J connectivity index is 2.19. The molecule has 2 aromatic carbocycles. The Morgan fingerprint density at radius 2 is 1.96 bits per heavy atom. The highest BCUT2D eigenvalue weighted by Crippen LogP contribution is 2.38. The third-order valence-electron chi connectivity index (χ3n) is 3.88. The Labute approximate surface area is 139 Å². The monoisotopic (exact) mass is 350 g/mol. The number of hydrogen-bond donors (Lipinski definition) is 1. The maximum Gasteiger partial charge on any atom is 0.266 e. The van der Waals surface area contributed by atoms with Gasteiger partial charge in [0.2, 0.25) is 5.91 Å². The van der Waals surface area contributed by atoms with Gasteiger partial charge in [0.05, 0.1) is 10.7 Å². The van der Waals surface area contributed by atoms with E-state index in [1.165, 1.54) is 6.07 Å². The van der Waals surface area contributed by atoms with Crippen LogP contribution in [-0.4, -0.2) is 20.4 Å². The minimum atomic E-state index is -3.99. The lowest BCUT2D eigenvalue weighted by molar-refractivity contribution is -0.118. The topological polar surface area (TPSA) is 80.5 Å². The maximum absolute atomic E-state index is 13.1. The number of nitrogens with two attached hydrogens (primary N) is 1. The van der Waals surface area contributed by atoms with E-state index in [0.717, 1.165) is 15.4 Å². The van der Waals surface area contributed by atoms with Crippen molar-refractivity contribution >= 4 is 33.2 Å². The summed E-state index contributed by atoms with van der Waals surface area (Å²) < 4.78 is 27.2. The number of para-hydroxylation sites is 1. The molecule has 0 spiro atoms. The second-order valence-electron chi connectivity index (χ2n) is 5.49. The van der Waals surface area contributed by atoms with E-state index in [9.17, 15) is 13.2 Å². The number of benzene rings is 2. The first kappa shape index (κ1) is 15.8. The molecule has 0 saturated carbocycles. The number of aryl methyl sites for hydroxylation is 1. The summed E-state index contributed by atoms with van der Waals surface area (Å²) in [7, 11) is -3.99. The Morgan fingerprint density at radius 1 is 1.26 bits per heavy atom. The molecule has 2 aromatic rings. The van der Waals surface area contributed by atoms with E-state index in [0.29, 0.717) is 5.69 Å². The number of primary amides is 1. The number of fused-ring (bicyclic) bond motifs is 1. The number of carbonyl (C=O) groups excluding carboxylic acids is 1. The molecule has 1 atom stereocenters. The van der Waals surface area contributed by atoms with Crippen LogP contribution in [0.25, 0.3) is 0 Å². The van der Waals surface area contributed by atoms with Crippen molar-refractivity contribution in [3.63, 3.8) is 0 Å². The number of amides is 1. The van der Waals surface area contributed by atoms with Crippen LogP contribution in [0.15, 0.2) is 47.4 Å². The molecule has 1 amide bonds. The van der Waals surface area contributed by atoms with Crippen LogP contribution in [0, 0.1) is 6.92 Å². The van der Waals surface area contributed by atoms with E-state index in [1.54, 1.807) is 36.4 Å². The quantitative estimate of drug-likeness (QED) is 0.921. The number of sulfonamides is 1. The summed E-state index contributed by atoms with van der Waals surface area (Å²) in [6.07, 6.45) is 0.258. The summed E-state index contributed by atoms with van der Waals surface area (Å²) in [4.78, 5) is 11.7. The van der Waals surface area contributed by atoms with Gasteiger partial charge in [0.25, 0.3) is 10.0 Å². The van der Waals surface area contributed by atoms with Crippen LogP contribution in [0.1, 0.15) is 11.1 Å². The molecular weight excluding hydrogens is 336 g/mol. The number of nitrogens with zero attached hydrogens (tertiary/aromatic N) is 1. The summed E-state index contributed by atoms with van der Waals surface area (Å²) in [5.74, 6) is -0.687. The zero-order valence-corrected chi connectivity index (χ0v) is 13.9. The highest BCUT2D eigenvalue weighted by atomic mass is 35.5. The average Bonchev–Trinajstić information content (AvgIpc) is 2.87. The van der Waals surface area contributed by atoms with Crippen molar-refractivity contribution in [2.45, 2.75) is 24.3 Å². The van der Waals surface area contributed by atoms with Crippen LogP contribution in [0.2, 0.25) is 5.02 Å². The van der Waals surface area contributed by atoms with Crippen molar-refractivity contribution < 1.29 is 13.2 Å². The first-order chi connectivity index (χ1) is 10.8. The SMILES string of the molecule is Cc1ccc(S(=O)(=O)N2c3ccccc3C[C@H]2C(N)=O)c(Cl)c1. The van der Waals surface area contributed by atoms with Gasteiger partial charge in [-0.1, -0.05) is 35.9 Å². The van der Waals surface area contributed by atoms with Crippen LogP contribution >= 0.6 is 11.6 Å². The van der Waals surface area contributed by atoms with Gasteiger partial charge >= 0.3 is 0 Å². The lowest BCUT2D eigenvalue weighted by atomic mass is 10.1. The number of hydrogen-bond acceptors (Lipinski definition) is 3. The van der Waals surface area contributed by atoms with Crippen molar-refractivity contribution in [2.24, 2.45) is 5.73 Å². The molecule has 0 unspecified atom stereocenters. The first-order valence-electron chi connectivity index (χ1n) is 7.00. The minimum absolute atomic E-state index is 0.0345. The molecule has 120 valence electrons. The van der Waals surface area contributed by atoms with Crippen LogP contribution < -0.4 is 10.0 Å². The molecule has 2 N–H and O–H groups in total. The van der Waals surface area contributed by atoms with E-state index in [1.807, 2.05) is 6.92 Å². The molecule has 0 fully saturated rings. The lowest BCUT2D eigenvalue weighted by Crippen LogP contribution is -2.46. The molecule has 1 heterocycles. The van der Waals surface area contributed by atoms with Crippen molar-refractivity contribution in [3.8, 4) is 0 Å². The van der Waals surface area contributed by atoms with Crippen LogP contribution in [-0.2, 0) is 21.2 Å². The highest BCUT2D eigenvalue weighted by Gasteiger charge is 2.41. The lowest BCUT2D eigenvalue weighted by Gasteiger charge is -2.25. The van der Waals surface area contributed by atoms with E-state index in [2.05, 4.69) is 0 Å². The van der Waals surface area contributed by atoms with Gasteiger partial charge < -0.3 is 5.73 Å². The summed E-state index contributed by atoms with van der Waals surface area (Å²) in [6.45, 7) is 1.82. The van der Waals surface area contributed by atoms with Crippen molar-refractivity contribution in [2.75, 3.05) is 4.31 Å². The Kier molecular flexibility index (Phi) is 3.82. The highest BCUT2D eigenvalue weighted by molar-refractivity contribution is 7.93. The van der Waals surface area contributed by atoms with Crippen LogP contribution in [0.5, 0.6) is 0 Å². The van der Waals surface area contributed by atoms with Crippen molar-refractivity contribution in [1.29, 1.82) is 0 Å². The Hall–Kier alpha value is -2.05. The smallest absolute Gasteiger partial charge is 0.266 e. The number of rotatable bonds is 3. The summed E-state index contributed by atoms with van der Waals surface area (Å²) in [5.41, 5.74) is 7.51. The van der Waals surface area contributed by atoms with Gasteiger partial charge in [0.15, 0.2) is 0 Å². The number of halogens is 1. The van der Waals surface area contributed by atoms with Gasteiger partial charge in [-0.3, -0.25) is 9.10 Å². The third-order valence-corrected chi connectivity index (χ3v) is 6.18. The van der Waals surface area contributed by atoms with Crippen LogP contribution in [0.3, 0.4) is 0 Å². The van der Waals surface area contributed by atoms with Crippen molar-refractivity contribution in [3.05, 3.63) is 58.6 Å². The van der Waals surface area contributed by atoms with E-state index in [-0.39, 0.29) is 16.3 Å². The minimum Gasteiger partial charge on any atom is -0.368 e.